The van der Waals surface area contributed by atoms with E-state index in [1.165, 1.54) is 56.9 Å². The van der Waals surface area contributed by atoms with Gasteiger partial charge >= 0.3 is 0 Å². The molecular formula is C26H46O2. The third kappa shape index (κ3) is 10.4. The van der Waals surface area contributed by atoms with Crippen LogP contribution in [0.3, 0.4) is 0 Å². The van der Waals surface area contributed by atoms with Gasteiger partial charge in [0.2, 0.25) is 0 Å². The molecule has 0 aromatic heterocycles. The van der Waals surface area contributed by atoms with Crippen molar-refractivity contribution in [2.75, 3.05) is 6.61 Å². The van der Waals surface area contributed by atoms with E-state index in [9.17, 15) is 5.11 Å². The van der Waals surface area contributed by atoms with Crippen molar-refractivity contribution < 1.29 is 9.84 Å². The van der Waals surface area contributed by atoms with Crippen LogP contribution in [-0.2, 0) is 12.8 Å². The van der Waals surface area contributed by atoms with Crippen LogP contribution in [0.4, 0.5) is 0 Å². The third-order valence-corrected chi connectivity index (χ3v) is 5.64. The maximum Gasteiger partial charge on any atom is 0.126 e. The molecule has 1 atom stereocenters. The summed E-state index contributed by atoms with van der Waals surface area (Å²) < 4.78 is 6.15. The van der Waals surface area contributed by atoms with Gasteiger partial charge in [0, 0.05) is 5.56 Å². The van der Waals surface area contributed by atoms with Gasteiger partial charge in [-0.25, -0.2) is 0 Å². The van der Waals surface area contributed by atoms with E-state index < -0.39 is 0 Å². The first-order valence-corrected chi connectivity index (χ1v) is 11.9. The zero-order chi connectivity index (χ0) is 20.8. The summed E-state index contributed by atoms with van der Waals surface area (Å²) in [5.41, 5.74) is 2.20. The number of hydrogen-bond donors (Lipinski definition) is 1. The smallest absolute Gasteiger partial charge is 0.126 e. The molecule has 0 aliphatic heterocycles. The summed E-state index contributed by atoms with van der Waals surface area (Å²) in [6.07, 6.45) is 14.3. The fourth-order valence-electron chi connectivity index (χ4n) is 3.84. The molecule has 0 aliphatic rings. The molecule has 2 heteroatoms. The lowest BCUT2D eigenvalue weighted by Crippen LogP contribution is -2.03. The Labute approximate surface area is 175 Å². The van der Waals surface area contributed by atoms with Crippen LogP contribution in [0.2, 0.25) is 0 Å². The van der Waals surface area contributed by atoms with E-state index in [-0.39, 0.29) is 0 Å². The van der Waals surface area contributed by atoms with Crippen molar-refractivity contribution in [1.29, 1.82) is 0 Å². The molecule has 0 spiro atoms. The molecular weight excluding hydrogens is 344 g/mol. The topological polar surface area (TPSA) is 29.5 Å². The van der Waals surface area contributed by atoms with Crippen molar-refractivity contribution in [2.45, 2.75) is 112 Å². The van der Waals surface area contributed by atoms with Gasteiger partial charge in [-0.05, 0) is 61.6 Å². The Balaban J connectivity index is 2.45. The minimum atomic E-state index is 0.421. The van der Waals surface area contributed by atoms with E-state index in [1.54, 1.807) is 0 Å². The summed E-state index contributed by atoms with van der Waals surface area (Å²) in [5, 5.41) is 10.5. The second-order valence-corrected chi connectivity index (χ2v) is 9.07. The minimum Gasteiger partial charge on any atom is -0.508 e. The maximum absolute atomic E-state index is 10.5. The lowest BCUT2D eigenvalue weighted by Gasteiger charge is -2.16. The quantitative estimate of drug-likeness (QED) is 0.289. The van der Waals surface area contributed by atoms with Gasteiger partial charge in [-0.15, -0.1) is 0 Å². The van der Waals surface area contributed by atoms with Crippen LogP contribution in [0.15, 0.2) is 12.1 Å². The molecule has 162 valence electrons. The van der Waals surface area contributed by atoms with Crippen LogP contribution in [0.5, 0.6) is 11.5 Å². The molecule has 0 saturated carbocycles. The zero-order valence-electron chi connectivity index (χ0n) is 19.4. The average molecular weight is 391 g/mol. The van der Waals surface area contributed by atoms with Crippen molar-refractivity contribution in [3.63, 3.8) is 0 Å². The van der Waals surface area contributed by atoms with Gasteiger partial charge in [0.1, 0.15) is 11.5 Å². The van der Waals surface area contributed by atoms with Gasteiger partial charge < -0.3 is 9.84 Å². The van der Waals surface area contributed by atoms with Crippen molar-refractivity contribution in [1.82, 2.24) is 0 Å². The SMILES string of the molecule is CCCCCc1cc(O)c(CCC)c(OCCCCC(C)CCCC(C)C)c1. The molecule has 1 N–H and O–H groups in total. The Morgan fingerprint density at radius 3 is 2.25 bits per heavy atom. The molecule has 0 aliphatic carbocycles. The number of benzene rings is 1. The van der Waals surface area contributed by atoms with E-state index in [1.807, 2.05) is 6.07 Å². The number of ether oxygens (including phenoxy) is 1. The van der Waals surface area contributed by atoms with Crippen molar-refractivity contribution in [2.24, 2.45) is 11.8 Å². The van der Waals surface area contributed by atoms with E-state index in [2.05, 4.69) is 40.7 Å². The molecule has 1 aromatic rings. The van der Waals surface area contributed by atoms with E-state index in [4.69, 9.17) is 4.74 Å². The van der Waals surface area contributed by atoms with Crippen LogP contribution in [0.25, 0.3) is 0 Å². The Kier molecular flexibility index (Phi) is 13.1. The van der Waals surface area contributed by atoms with Crippen LogP contribution in [0.1, 0.15) is 110 Å². The summed E-state index contributed by atoms with van der Waals surface area (Å²) in [6, 6.07) is 4.13. The fraction of sp³-hybridized carbons (Fsp3) is 0.769. The summed E-state index contributed by atoms with van der Waals surface area (Å²) in [5.74, 6) is 2.98. The van der Waals surface area contributed by atoms with E-state index >= 15 is 0 Å². The Morgan fingerprint density at radius 1 is 0.821 bits per heavy atom. The molecule has 0 saturated heterocycles. The first-order chi connectivity index (χ1) is 13.5. The standard InChI is InChI=1S/C26H46O2/c1-6-8-9-17-23-19-25(27)24(13-7-2)26(20-23)28-18-11-10-15-22(5)16-12-14-21(3)4/h19-22,27H,6-18H2,1-5H3. The van der Waals surface area contributed by atoms with Gasteiger partial charge in [-0.2, -0.15) is 0 Å². The molecule has 28 heavy (non-hydrogen) atoms. The summed E-state index contributed by atoms with van der Waals surface area (Å²) in [6.45, 7) is 12.1. The first-order valence-electron chi connectivity index (χ1n) is 11.9. The molecule has 2 nitrogen and oxygen atoms in total. The Bertz CT molecular complexity index is 521. The van der Waals surface area contributed by atoms with Crippen LogP contribution < -0.4 is 4.74 Å². The van der Waals surface area contributed by atoms with Gasteiger partial charge in [0.15, 0.2) is 0 Å². The largest absolute Gasteiger partial charge is 0.508 e. The summed E-state index contributed by atoms with van der Waals surface area (Å²) in [4.78, 5) is 0. The Hall–Kier alpha value is -1.18. The highest BCUT2D eigenvalue weighted by atomic mass is 16.5. The predicted molar refractivity (Wildman–Crippen MR) is 123 cm³/mol. The average Bonchev–Trinajstić information content (AvgIpc) is 2.64. The number of phenolic OH excluding ortho intramolecular Hbond substituents is 1. The predicted octanol–water partition coefficient (Wildman–Crippen LogP) is 8.09. The first kappa shape index (κ1) is 24.9. The summed E-state index contributed by atoms with van der Waals surface area (Å²) >= 11 is 0. The number of unbranched alkanes of at least 4 members (excludes halogenated alkanes) is 3. The molecule has 0 bridgehead atoms. The number of aryl methyl sites for hydroxylation is 1. The molecule has 0 fully saturated rings. The van der Waals surface area contributed by atoms with Crippen LogP contribution >= 0.6 is 0 Å². The van der Waals surface area contributed by atoms with Crippen LogP contribution in [-0.4, -0.2) is 11.7 Å². The molecule has 1 rings (SSSR count). The highest BCUT2D eigenvalue weighted by Gasteiger charge is 2.12. The zero-order valence-corrected chi connectivity index (χ0v) is 19.4. The number of hydrogen-bond acceptors (Lipinski definition) is 2. The van der Waals surface area contributed by atoms with Gasteiger partial charge in [0.25, 0.3) is 0 Å². The van der Waals surface area contributed by atoms with Crippen LogP contribution in [0, 0.1) is 11.8 Å². The van der Waals surface area contributed by atoms with Crippen molar-refractivity contribution >= 4 is 0 Å². The Morgan fingerprint density at radius 2 is 1.57 bits per heavy atom. The van der Waals surface area contributed by atoms with Gasteiger partial charge in [0.05, 0.1) is 6.61 Å². The monoisotopic (exact) mass is 390 g/mol. The number of aromatic hydroxyl groups is 1. The number of phenols is 1. The highest BCUT2D eigenvalue weighted by molar-refractivity contribution is 5.47. The molecule has 1 unspecified atom stereocenters. The van der Waals surface area contributed by atoms with Gasteiger partial charge in [-0.1, -0.05) is 79.6 Å². The third-order valence-electron chi connectivity index (χ3n) is 5.64. The van der Waals surface area contributed by atoms with Crippen molar-refractivity contribution in [3.05, 3.63) is 23.3 Å². The molecule has 0 radical (unpaired) electrons. The molecule has 0 amide bonds. The van der Waals surface area contributed by atoms with Gasteiger partial charge in [-0.3, -0.25) is 0 Å². The second kappa shape index (κ2) is 14.8. The molecule has 1 aromatic carbocycles. The van der Waals surface area contributed by atoms with Crippen molar-refractivity contribution in [3.8, 4) is 11.5 Å². The fourth-order valence-corrected chi connectivity index (χ4v) is 3.84. The maximum atomic E-state index is 10.5. The lowest BCUT2D eigenvalue weighted by molar-refractivity contribution is 0.293. The van der Waals surface area contributed by atoms with E-state index in [0.29, 0.717) is 5.75 Å². The van der Waals surface area contributed by atoms with E-state index in [0.717, 1.165) is 55.4 Å². The number of rotatable bonds is 16. The molecule has 0 heterocycles. The summed E-state index contributed by atoms with van der Waals surface area (Å²) in [7, 11) is 0. The minimum absolute atomic E-state index is 0.421. The second-order valence-electron chi connectivity index (χ2n) is 9.07. The normalized spacial score (nSPS) is 12.5. The lowest BCUT2D eigenvalue weighted by atomic mass is 9.95. The highest BCUT2D eigenvalue weighted by Crippen LogP contribution is 2.32.